The van der Waals surface area contributed by atoms with Gasteiger partial charge >= 0.3 is 0 Å². The van der Waals surface area contributed by atoms with Crippen LogP contribution in [0.25, 0.3) is 11.3 Å². The summed E-state index contributed by atoms with van der Waals surface area (Å²) in [7, 11) is 3.75. The summed E-state index contributed by atoms with van der Waals surface area (Å²) in [4.78, 5) is 18.6. The summed E-state index contributed by atoms with van der Waals surface area (Å²) in [5, 5.41) is 10.4. The standard InChI is InChI=1S/C17H17Cl2N5OS/c1-23(7-11-6-20-24(2)8-11)9-16(25)22-17-21-15(10-26-17)13-4-3-12(18)5-14(13)19/h3-6,8,10H,7,9H2,1-2H3,(H,21,22,25). The van der Waals surface area contributed by atoms with Gasteiger partial charge in [0.15, 0.2) is 5.13 Å². The molecule has 6 nitrogen and oxygen atoms in total. The summed E-state index contributed by atoms with van der Waals surface area (Å²) < 4.78 is 1.74. The summed E-state index contributed by atoms with van der Waals surface area (Å²) in [6, 6.07) is 5.24. The zero-order valence-electron chi connectivity index (χ0n) is 14.2. The molecule has 0 bridgehead atoms. The number of hydrogen-bond acceptors (Lipinski definition) is 5. The predicted octanol–water partition coefficient (Wildman–Crippen LogP) is 3.92. The molecule has 2 aromatic heterocycles. The molecule has 1 aromatic carbocycles. The van der Waals surface area contributed by atoms with Crippen molar-refractivity contribution in [1.29, 1.82) is 0 Å². The molecule has 0 aliphatic rings. The Hall–Kier alpha value is -1.93. The molecule has 0 saturated heterocycles. The minimum Gasteiger partial charge on any atom is -0.301 e. The van der Waals surface area contributed by atoms with Gasteiger partial charge in [-0.25, -0.2) is 4.98 Å². The van der Waals surface area contributed by atoms with Gasteiger partial charge in [0.1, 0.15) is 0 Å². The zero-order chi connectivity index (χ0) is 18.7. The fourth-order valence-electron chi connectivity index (χ4n) is 2.48. The molecule has 3 aromatic rings. The first kappa shape index (κ1) is 18.8. The van der Waals surface area contributed by atoms with Crippen molar-refractivity contribution in [3.05, 3.63) is 51.6 Å². The predicted molar refractivity (Wildman–Crippen MR) is 106 cm³/mol. The van der Waals surface area contributed by atoms with Crippen LogP contribution in [0.5, 0.6) is 0 Å². The average Bonchev–Trinajstić information content (AvgIpc) is 3.16. The van der Waals surface area contributed by atoms with Crippen LogP contribution in [0.1, 0.15) is 5.56 Å². The van der Waals surface area contributed by atoms with Gasteiger partial charge in [-0.3, -0.25) is 14.4 Å². The molecule has 0 fully saturated rings. The topological polar surface area (TPSA) is 63.1 Å². The molecular weight excluding hydrogens is 393 g/mol. The van der Waals surface area contributed by atoms with Crippen LogP contribution in [-0.4, -0.2) is 39.2 Å². The monoisotopic (exact) mass is 409 g/mol. The Labute approximate surface area is 165 Å². The van der Waals surface area contributed by atoms with Gasteiger partial charge in [0.2, 0.25) is 5.91 Å². The molecule has 0 aliphatic heterocycles. The van der Waals surface area contributed by atoms with Crippen molar-refractivity contribution in [3.63, 3.8) is 0 Å². The van der Waals surface area contributed by atoms with Crippen LogP contribution in [-0.2, 0) is 18.4 Å². The second kappa shape index (κ2) is 8.18. The van der Waals surface area contributed by atoms with Crippen molar-refractivity contribution < 1.29 is 4.79 Å². The number of carbonyl (C=O) groups is 1. The van der Waals surface area contributed by atoms with Crippen molar-refractivity contribution in [1.82, 2.24) is 19.7 Å². The third-order valence-corrected chi connectivity index (χ3v) is 4.89. The van der Waals surface area contributed by atoms with Crippen LogP contribution in [0, 0.1) is 0 Å². The number of nitrogens with zero attached hydrogens (tertiary/aromatic N) is 4. The lowest BCUT2D eigenvalue weighted by molar-refractivity contribution is -0.117. The Balaban J connectivity index is 1.59. The quantitative estimate of drug-likeness (QED) is 0.669. The minimum atomic E-state index is -0.125. The Morgan fingerprint density at radius 3 is 2.88 bits per heavy atom. The number of halogens is 2. The maximum Gasteiger partial charge on any atom is 0.240 e. The van der Waals surface area contributed by atoms with Crippen LogP contribution in [0.3, 0.4) is 0 Å². The molecule has 9 heteroatoms. The highest BCUT2D eigenvalue weighted by molar-refractivity contribution is 7.14. The number of carbonyl (C=O) groups excluding carboxylic acids is 1. The SMILES string of the molecule is CN(CC(=O)Nc1nc(-c2ccc(Cl)cc2Cl)cs1)Cc1cnn(C)c1. The second-order valence-corrected chi connectivity index (χ2v) is 7.61. The first-order chi connectivity index (χ1) is 12.4. The van der Waals surface area contributed by atoms with E-state index in [2.05, 4.69) is 15.4 Å². The zero-order valence-corrected chi connectivity index (χ0v) is 16.6. The largest absolute Gasteiger partial charge is 0.301 e. The second-order valence-electron chi connectivity index (χ2n) is 5.90. The van der Waals surface area contributed by atoms with Crippen LogP contribution in [0.15, 0.2) is 36.0 Å². The van der Waals surface area contributed by atoms with E-state index in [1.165, 1.54) is 11.3 Å². The molecule has 0 atom stereocenters. The van der Waals surface area contributed by atoms with Gasteiger partial charge in [-0.15, -0.1) is 11.3 Å². The highest BCUT2D eigenvalue weighted by atomic mass is 35.5. The number of amides is 1. The number of thiazole rings is 1. The van der Waals surface area contributed by atoms with Gasteiger partial charge < -0.3 is 5.32 Å². The molecule has 0 spiro atoms. The maximum atomic E-state index is 12.2. The Morgan fingerprint density at radius 2 is 2.19 bits per heavy atom. The number of hydrogen-bond donors (Lipinski definition) is 1. The fraction of sp³-hybridized carbons (Fsp3) is 0.235. The van der Waals surface area contributed by atoms with Crippen molar-refractivity contribution in [3.8, 4) is 11.3 Å². The van der Waals surface area contributed by atoms with Crippen LogP contribution >= 0.6 is 34.5 Å². The lowest BCUT2D eigenvalue weighted by Gasteiger charge is -2.14. The van der Waals surface area contributed by atoms with Gasteiger partial charge in [-0.1, -0.05) is 23.2 Å². The third-order valence-electron chi connectivity index (χ3n) is 3.58. The number of rotatable bonds is 6. The molecule has 0 unspecified atom stereocenters. The molecule has 0 radical (unpaired) electrons. The highest BCUT2D eigenvalue weighted by Crippen LogP contribution is 2.32. The van der Waals surface area contributed by atoms with Crippen molar-refractivity contribution in [2.45, 2.75) is 6.54 Å². The first-order valence-corrected chi connectivity index (χ1v) is 9.41. The van der Waals surface area contributed by atoms with E-state index in [9.17, 15) is 4.79 Å². The van der Waals surface area contributed by atoms with Crippen molar-refractivity contribution in [2.24, 2.45) is 7.05 Å². The number of likely N-dealkylation sites (N-methyl/N-ethyl adjacent to an activating group) is 1. The van der Waals surface area contributed by atoms with E-state index < -0.39 is 0 Å². The van der Waals surface area contributed by atoms with Crippen LogP contribution < -0.4 is 5.32 Å². The van der Waals surface area contributed by atoms with E-state index in [1.807, 2.05) is 36.6 Å². The average molecular weight is 410 g/mol. The molecule has 3 rings (SSSR count). The molecule has 26 heavy (non-hydrogen) atoms. The number of benzene rings is 1. The smallest absolute Gasteiger partial charge is 0.240 e. The number of aromatic nitrogens is 3. The molecule has 1 amide bonds. The summed E-state index contributed by atoms with van der Waals surface area (Å²) in [6.07, 6.45) is 3.72. The lowest BCUT2D eigenvalue weighted by atomic mass is 10.2. The molecule has 136 valence electrons. The Morgan fingerprint density at radius 1 is 1.38 bits per heavy atom. The fourth-order valence-corrected chi connectivity index (χ4v) is 3.71. The third kappa shape index (κ3) is 4.82. The minimum absolute atomic E-state index is 0.125. The summed E-state index contributed by atoms with van der Waals surface area (Å²) >= 11 is 13.5. The number of anilines is 1. The van der Waals surface area contributed by atoms with Gasteiger partial charge in [0, 0.05) is 41.3 Å². The molecule has 2 heterocycles. The van der Waals surface area contributed by atoms with Gasteiger partial charge in [-0.05, 0) is 25.2 Å². The van der Waals surface area contributed by atoms with Crippen molar-refractivity contribution >= 4 is 45.6 Å². The van der Waals surface area contributed by atoms with Crippen molar-refractivity contribution in [2.75, 3.05) is 18.9 Å². The van der Waals surface area contributed by atoms with E-state index in [1.54, 1.807) is 23.0 Å². The maximum absolute atomic E-state index is 12.2. The van der Waals surface area contributed by atoms with E-state index in [4.69, 9.17) is 23.2 Å². The van der Waals surface area contributed by atoms with Crippen LogP contribution in [0.2, 0.25) is 10.0 Å². The van der Waals surface area contributed by atoms with Crippen LogP contribution in [0.4, 0.5) is 5.13 Å². The number of nitrogens with one attached hydrogen (secondary N) is 1. The van der Waals surface area contributed by atoms with Gasteiger partial charge in [-0.2, -0.15) is 5.10 Å². The highest BCUT2D eigenvalue weighted by Gasteiger charge is 2.13. The van der Waals surface area contributed by atoms with E-state index in [-0.39, 0.29) is 12.5 Å². The van der Waals surface area contributed by atoms with E-state index >= 15 is 0 Å². The molecular formula is C17H17Cl2N5OS. The lowest BCUT2D eigenvalue weighted by Crippen LogP contribution is -2.29. The molecule has 0 saturated carbocycles. The summed E-state index contributed by atoms with van der Waals surface area (Å²) in [5.74, 6) is -0.125. The first-order valence-electron chi connectivity index (χ1n) is 7.77. The molecule has 0 aliphatic carbocycles. The van der Waals surface area contributed by atoms with E-state index in [0.29, 0.717) is 27.4 Å². The number of aryl methyl sites for hydroxylation is 1. The normalized spacial score (nSPS) is 11.1. The Bertz CT molecular complexity index is 924. The summed E-state index contributed by atoms with van der Waals surface area (Å²) in [5.41, 5.74) is 2.54. The van der Waals surface area contributed by atoms with Gasteiger partial charge in [0.25, 0.3) is 0 Å². The van der Waals surface area contributed by atoms with Gasteiger partial charge in [0.05, 0.1) is 23.5 Å². The molecule has 1 N–H and O–H groups in total. The summed E-state index contributed by atoms with van der Waals surface area (Å²) in [6.45, 7) is 0.899. The van der Waals surface area contributed by atoms with E-state index in [0.717, 1.165) is 11.1 Å². The Kier molecular flexibility index (Phi) is 5.93.